The molecule has 0 unspecified atom stereocenters. The molecule has 0 spiro atoms. The third-order valence-electron chi connectivity index (χ3n) is 3.42. The molecule has 2 heterocycles. The first-order chi connectivity index (χ1) is 8.61. The van der Waals surface area contributed by atoms with Crippen LogP contribution < -0.4 is 4.90 Å². The molecule has 1 aliphatic heterocycles. The van der Waals surface area contributed by atoms with Crippen LogP contribution in [0.5, 0.6) is 0 Å². The van der Waals surface area contributed by atoms with Crippen LogP contribution in [0, 0.1) is 5.82 Å². The van der Waals surface area contributed by atoms with Gasteiger partial charge in [0.2, 0.25) is 0 Å². The highest BCUT2D eigenvalue weighted by Crippen LogP contribution is 2.20. The van der Waals surface area contributed by atoms with Crippen molar-refractivity contribution in [1.82, 2.24) is 9.88 Å². The zero-order chi connectivity index (χ0) is 13.1. The predicted octanol–water partition coefficient (Wildman–Crippen LogP) is 1.24. The van der Waals surface area contributed by atoms with Gasteiger partial charge in [-0.3, -0.25) is 4.90 Å². The van der Waals surface area contributed by atoms with Crippen LogP contribution in [0.25, 0.3) is 0 Å². The lowest BCUT2D eigenvalue weighted by Crippen LogP contribution is -2.49. The van der Waals surface area contributed by atoms with Gasteiger partial charge in [0.25, 0.3) is 0 Å². The highest BCUT2D eigenvalue weighted by molar-refractivity contribution is 5.47. The van der Waals surface area contributed by atoms with Crippen LogP contribution in [-0.2, 0) is 6.61 Å². The van der Waals surface area contributed by atoms with E-state index in [4.69, 9.17) is 0 Å². The van der Waals surface area contributed by atoms with E-state index in [0.29, 0.717) is 17.4 Å². The first kappa shape index (κ1) is 13.2. The average molecular weight is 253 g/mol. The smallest absolute Gasteiger partial charge is 0.142 e. The summed E-state index contributed by atoms with van der Waals surface area (Å²) in [6.45, 7) is 7.87. The number of aliphatic hydroxyl groups excluding tert-OH is 1. The van der Waals surface area contributed by atoms with Crippen molar-refractivity contribution in [3.8, 4) is 0 Å². The molecule has 1 aliphatic rings. The number of nitrogens with zero attached hydrogens (tertiary/aromatic N) is 3. The highest BCUT2D eigenvalue weighted by Gasteiger charge is 2.21. The Balaban J connectivity index is 2.09. The van der Waals surface area contributed by atoms with Gasteiger partial charge in [-0.2, -0.15) is 0 Å². The molecule has 5 heteroatoms. The molecule has 0 atom stereocenters. The van der Waals surface area contributed by atoms with E-state index in [9.17, 15) is 9.50 Å². The Hall–Kier alpha value is -1.20. The van der Waals surface area contributed by atoms with Crippen LogP contribution in [0.15, 0.2) is 12.3 Å². The number of rotatable bonds is 3. The maximum absolute atomic E-state index is 13.1. The van der Waals surface area contributed by atoms with Crippen LogP contribution in [0.1, 0.15) is 19.4 Å². The fraction of sp³-hybridized carbons (Fsp3) is 0.615. The number of halogens is 1. The number of pyridine rings is 1. The van der Waals surface area contributed by atoms with Gasteiger partial charge in [-0.25, -0.2) is 9.37 Å². The van der Waals surface area contributed by atoms with E-state index in [1.54, 1.807) is 0 Å². The summed E-state index contributed by atoms with van der Waals surface area (Å²) >= 11 is 0. The van der Waals surface area contributed by atoms with E-state index in [1.165, 1.54) is 12.3 Å². The molecule has 0 bridgehead atoms. The number of hydrogen-bond acceptors (Lipinski definition) is 4. The van der Waals surface area contributed by atoms with Gasteiger partial charge in [-0.1, -0.05) is 0 Å². The maximum Gasteiger partial charge on any atom is 0.142 e. The Morgan fingerprint density at radius 1 is 1.33 bits per heavy atom. The number of aliphatic hydroxyl groups is 1. The Labute approximate surface area is 107 Å². The summed E-state index contributed by atoms with van der Waals surface area (Å²) in [4.78, 5) is 8.63. The first-order valence-electron chi connectivity index (χ1n) is 6.36. The van der Waals surface area contributed by atoms with Crippen LogP contribution in [0.2, 0.25) is 0 Å². The van der Waals surface area contributed by atoms with E-state index in [2.05, 4.69) is 28.6 Å². The number of hydrogen-bond donors (Lipinski definition) is 1. The molecule has 1 aromatic heterocycles. The maximum atomic E-state index is 13.1. The van der Waals surface area contributed by atoms with Crippen molar-refractivity contribution in [3.63, 3.8) is 0 Å². The Kier molecular flexibility index (Phi) is 4.14. The van der Waals surface area contributed by atoms with Crippen molar-refractivity contribution >= 4 is 5.82 Å². The van der Waals surface area contributed by atoms with E-state index in [1.807, 2.05) is 0 Å². The van der Waals surface area contributed by atoms with Gasteiger partial charge < -0.3 is 10.0 Å². The molecule has 1 saturated heterocycles. The Bertz CT molecular complexity index is 403. The molecule has 0 saturated carbocycles. The second-order valence-corrected chi connectivity index (χ2v) is 4.91. The minimum Gasteiger partial charge on any atom is -0.392 e. The normalized spacial score (nSPS) is 17.5. The van der Waals surface area contributed by atoms with Crippen molar-refractivity contribution < 1.29 is 9.50 Å². The largest absolute Gasteiger partial charge is 0.392 e. The number of anilines is 1. The van der Waals surface area contributed by atoms with E-state index < -0.39 is 5.82 Å². The molecule has 4 nitrogen and oxygen atoms in total. The number of aromatic nitrogens is 1. The van der Waals surface area contributed by atoms with Gasteiger partial charge in [-0.15, -0.1) is 0 Å². The molecule has 1 aromatic rings. The van der Waals surface area contributed by atoms with E-state index in [-0.39, 0.29) is 6.61 Å². The van der Waals surface area contributed by atoms with Gasteiger partial charge >= 0.3 is 0 Å². The summed E-state index contributed by atoms with van der Waals surface area (Å²) in [6.07, 6.45) is 1.21. The number of piperazine rings is 1. The molecule has 1 fully saturated rings. The summed E-state index contributed by atoms with van der Waals surface area (Å²) in [7, 11) is 0. The molecule has 2 rings (SSSR count). The van der Waals surface area contributed by atoms with Crippen LogP contribution in [-0.4, -0.2) is 47.2 Å². The minimum absolute atomic E-state index is 0.176. The lowest BCUT2D eigenvalue weighted by molar-refractivity contribution is 0.208. The Morgan fingerprint density at radius 3 is 2.56 bits per heavy atom. The molecule has 0 aliphatic carbocycles. The second-order valence-electron chi connectivity index (χ2n) is 4.91. The second kappa shape index (κ2) is 5.63. The summed E-state index contributed by atoms with van der Waals surface area (Å²) in [6, 6.07) is 1.91. The quantitative estimate of drug-likeness (QED) is 0.880. The van der Waals surface area contributed by atoms with Crippen molar-refractivity contribution in [2.45, 2.75) is 26.5 Å². The van der Waals surface area contributed by atoms with Gasteiger partial charge in [0.1, 0.15) is 11.6 Å². The first-order valence-corrected chi connectivity index (χ1v) is 6.36. The molecule has 18 heavy (non-hydrogen) atoms. The fourth-order valence-electron chi connectivity index (χ4n) is 2.33. The van der Waals surface area contributed by atoms with Crippen molar-refractivity contribution in [2.75, 3.05) is 31.1 Å². The molecular formula is C13H20FN3O. The standard InChI is InChI=1S/C13H20FN3O/c1-10(2)16-3-5-17(6-4-16)13-11(9-18)7-12(14)8-15-13/h7-8,10,18H,3-6,9H2,1-2H3. The molecule has 100 valence electrons. The topological polar surface area (TPSA) is 39.6 Å². The third kappa shape index (κ3) is 2.79. The lowest BCUT2D eigenvalue weighted by atomic mass is 10.2. The predicted molar refractivity (Wildman–Crippen MR) is 69.0 cm³/mol. The summed E-state index contributed by atoms with van der Waals surface area (Å²) in [5, 5.41) is 9.27. The fourth-order valence-corrected chi connectivity index (χ4v) is 2.33. The average Bonchev–Trinajstić information content (AvgIpc) is 2.38. The van der Waals surface area contributed by atoms with Crippen molar-refractivity contribution in [1.29, 1.82) is 0 Å². The molecular weight excluding hydrogens is 233 g/mol. The van der Waals surface area contributed by atoms with Gasteiger partial charge in [0.05, 0.1) is 12.8 Å². The van der Waals surface area contributed by atoms with E-state index >= 15 is 0 Å². The van der Waals surface area contributed by atoms with Gasteiger partial charge in [-0.05, 0) is 19.9 Å². The monoisotopic (exact) mass is 253 g/mol. The molecule has 1 N–H and O–H groups in total. The van der Waals surface area contributed by atoms with Crippen LogP contribution in [0.3, 0.4) is 0 Å². The Morgan fingerprint density at radius 2 is 2.00 bits per heavy atom. The molecule has 0 radical (unpaired) electrons. The van der Waals surface area contributed by atoms with Gasteiger partial charge in [0, 0.05) is 37.8 Å². The molecule has 0 amide bonds. The SMILES string of the molecule is CC(C)N1CCN(c2ncc(F)cc2CO)CC1. The molecule has 0 aromatic carbocycles. The highest BCUT2D eigenvalue weighted by atomic mass is 19.1. The van der Waals surface area contributed by atoms with Crippen molar-refractivity contribution in [3.05, 3.63) is 23.6 Å². The van der Waals surface area contributed by atoms with E-state index in [0.717, 1.165) is 26.2 Å². The lowest BCUT2D eigenvalue weighted by Gasteiger charge is -2.38. The van der Waals surface area contributed by atoms with Gasteiger partial charge in [0.15, 0.2) is 0 Å². The zero-order valence-corrected chi connectivity index (χ0v) is 10.9. The zero-order valence-electron chi connectivity index (χ0n) is 10.9. The summed E-state index contributed by atoms with van der Waals surface area (Å²) < 4.78 is 13.1. The summed E-state index contributed by atoms with van der Waals surface area (Å²) in [5.41, 5.74) is 0.563. The minimum atomic E-state index is -0.399. The van der Waals surface area contributed by atoms with Crippen molar-refractivity contribution in [2.24, 2.45) is 0 Å². The summed E-state index contributed by atoms with van der Waals surface area (Å²) in [5.74, 6) is 0.311. The third-order valence-corrected chi connectivity index (χ3v) is 3.42. The van der Waals surface area contributed by atoms with Crippen LogP contribution in [0.4, 0.5) is 10.2 Å². The van der Waals surface area contributed by atoms with Crippen LogP contribution >= 0.6 is 0 Å².